The average Bonchev–Trinajstić information content (AvgIpc) is 3.17. The highest BCUT2D eigenvalue weighted by molar-refractivity contribution is 5.95. The molecule has 0 spiro atoms. The molecule has 0 saturated heterocycles. The van der Waals surface area contributed by atoms with E-state index in [1.165, 1.54) is 16.8 Å². The molecule has 0 amide bonds. The number of benzene rings is 1. The zero-order chi connectivity index (χ0) is 22.6. The second kappa shape index (κ2) is 7.30. The molecular weight excluding hydrogens is 423 g/mol. The van der Waals surface area contributed by atoms with E-state index in [9.17, 15) is 13.2 Å². The van der Waals surface area contributed by atoms with E-state index in [-0.39, 0.29) is 23.3 Å². The minimum atomic E-state index is -4.50. The molecule has 4 N–H and O–H groups in total. The molecule has 1 fully saturated rings. The number of halogens is 3. The fourth-order valence-corrected chi connectivity index (χ4v) is 4.08. The Kier molecular flexibility index (Phi) is 4.66. The predicted molar refractivity (Wildman–Crippen MR) is 111 cm³/mol. The van der Waals surface area contributed by atoms with Crippen LogP contribution in [-0.4, -0.2) is 37.9 Å². The summed E-state index contributed by atoms with van der Waals surface area (Å²) in [6, 6.07) is 6.52. The second-order valence-corrected chi connectivity index (χ2v) is 7.93. The molecular formula is C21H20F3N7O. The quantitative estimate of drug-likeness (QED) is 0.496. The van der Waals surface area contributed by atoms with Gasteiger partial charge in [-0.3, -0.25) is 4.98 Å². The number of hydrogen-bond donors (Lipinski definition) is 2. The summed E-state index contributed by atoms with van der Waals surface area (Å²) in [4.78, 5) is 13.3. The van der Waals surface area contributed by atoms with Crippen LogP contribution in [0, 0.1) is 0 Å². The van der Waals surface area contributed by atoms with Crippen molar-refractivity contribution in [2.24, 2.45) is 5.73 Å². The lowest BCUT2D eigenvalue weighted by Crippen LogP contribution is -2.28. The lowest BCUT2D eigenvalue weighted by atomic mass is 9.72. The molecule has 3 heterocycles. The molecule has 1 unspecified atom stereocenters. The Balaban J connectivity index is 1.37. The molecule has 32 heavy (non-hydrogen) atoms. The molecule has 4 aromatic rings. The lowest BCUT2D eigenvalue weighted by Gasteiger charge is -2.33. The number of para-hydroxylation sites is 1. The second-order valence-electron chi connectivity index (χ2n) is 7.93. The number of pyridine rings is 1. The molecule has 0 bridgehead atoms. The van der Waals surface area contributed by atoms with E-state index in [0.717, 1.165) is 23.9 Å². The van der Waals surface area contributed by atoms with Gasteiger partial charge in [-0.1, -0.05) is 12.1 Å². The highest BCUT2D eigenvalue weighted by Crippen LogP contribution is 2.46. The number of nitrogens with zero attached hydrogens (tertiary/aromatic N) is 5. The summed E-state index contributed by atoms with van der Waals surface area (Å²) < 4.78 is 45.2. The fourth-order valence-electron chi connectivity index (χ4n) is 4.08. The number of aromatic nitrogens is 5. The monoisotopic (exact) mass is 443 g/mol. The van der Waals surface area contributed by atoms with Gasteiger partial charge in [-0.15, -0.1) is 5.10 Å². The predicted octanol–water partition coefficient (Wildman–Crippen LogP) is 3.49. The van der Waals surface area contributed by atoms with Gasteiger partial charge in [0.15, 0.2) is 11.5 Å². The maximum Gasteiger partial charge on any atom is 0.407 e. The van der Waals surface area contributed by atoms with Gasteiger partial charge in [0.05, 0.1) is 7.11 Å². The first-order chi connectivity index (χ1) is 15.3. The number of ether oxygens (including phenoxy) is 1. The average molecular weight is 443 g/mol. The Morgan fingerprint density at radius 1 is 1.12 bits per heavy atom. The minimum Gasteiger partial charge on any atom is -0.494 e. The van der Waals surface area contributed by atoms with Crippen LogP contribution < -0.4 is 16.2 Å². The van der Waals surface area contributed by atoms with Gasteiger partial charge in [-0.25, -0.2) is 9.97 Å². The van der Waals surface area contributed by atoms with E-state index in [1.54, 1.807) is 19.2 Å². The van der Waals surface area contributed by atoms with Crippen LogP contribution in [0.5, 0.6) is 5.75 Å². The van der Waals surface area contributed by atoms with Crippen molar-refractivity contribution in [3.05, 3.63) is 53.6 Å². The summed E-state index contributed by atoms with van der Waals surface area (Å²) in [5.41, 5.74) is 13.2. The number of rotatable bonds is 4. The summed E-state index contributed by atoms with van der Waals surface area (Å²) in [6.07, 6.45) is -1.81. The smallest absolute Gasteiger partial charge is 0.407 e. The van der Waals surface area contributed by atoms with Crippen molar-refractivity contribution >= 4 is 22.5 Å². The van der Waals surface area contributed by atoms with Crippen molar-refractivity contribution in [1.82, 2.24) is 24.6 Å². The first kappa shape index (κ1) is 20.4. The van der Waals surface area contributed by atoms with E-state index >= 15 is 0 Å². The molecule has 5 rings (SSSR count). The number of methoxy groups -OCH3 is 1. The summed E-state index contributed by atoms with van der Waals surface area (Å²) in [6.45, 7) is 0. The third kappa shape index (κ3) is 3.29. The molecule has 1 aliphatic carbocycles. The van der Waals surface area contributed by atoms with Gasteiger partial charge in [0.1, 0.15) is 17.3 Å². The molecule has 8 nitrogen and oxygen atoms in total. The lowest BCUT2D eigenvalue weighted by molar-refractivity contribution is -0.149. The molecule has 166 valence electrons. The highest BCUT2D eigenvalue weighted by atomic mass is 19.4. The van der Waals surface area contributed by atoms with Crippen molar-refractivity contribution in [3.63, 3.8) is 0 Å². The first-order valence-electron chi connectivity index (χ1n) is 10.0. The Morgan fingerprint density at radius 2 is 1.91 bits per heavy atom. The Hall–Kier alpha value is -3.47. The molecule has 1 aromatic carbocycles. The van der Waals surface area contributed by atoms with Crippen LogP contribution >= 0.6 is 0 Å². The molecule has 1 atom stereocenters. The number of anilines is 1. The summed E-state index contributed by atoms with van der Waals surface area (Å²) in [7, 11) is 1.57. The van der Waals surface area contributed by atoms with Crippen molar-refractivity contribution < 1.29 is 17.9 Å². The molecule has 1 aliphatic rings. The third-order valence-corrected chi connectivity index (χ3v) is 5.97. The van der Waals surface area contributed by atoms with Gasteiger partial charge in [-0.05, 0) is 36.6 Å². The first-order valence-corrected chi connectivity index (χ1v) is 10.0. The van der Waals surface area contributed by atoms with E-state index in [0.29, 0.717) is 22.7 Å². The van der Waals surface area contributed by atoms with Gasteiger partial charge in [0.25, 0.3) is 0 Å². The number of fused-ring (bicyclic) bond motifs is 3. The zero-order valence-corrected chi connectivity index (χ0v) is 17.0. The Labute approximate surface area is 180 Å². The van der Waals surface area contributed by atoms with Crippen LogP contribution in [0.3, 0.4) is 0 Å². The molecule has 11 heteroatoms. The Bertz CT molecular complexity index is 1300. The summed E-state index contributed by atoms with van der Waals surface area (Å²) in [5, 5.41) is 5.33. The standard InChI is InChI=1S/C21H20F3N7O/c1-32-15-4-2-3-13-16(15)28-20(26)31-19(13)29-18(30-31)12-7-11(8-12)14-6-5-10(9-27-14)17(25)21(22,23)24/h2-6,9,11-12,17H,7-8,25H2,1H3,(H2,26,28). The fraction of sp³-hybridized carbons (Fsp3) is 0.333. The topological polar surface area (TPSA) is 117 Å². The summed E-state index contributed by atoms with van der Waals surface area (Å²) in [5.74, 6) is 1.68. The van der Waals surface area contributed by atoms with E-state index in [2.05, 4.69) is 15.1 Å². The van der Waals surface area contributed by atoms with Crippen LogP contribution in [0.25, 0.3) is 16.6 Å². The van der Waals surface area contributed by atoms with Crippen LogP contribution in [0.15, 0.2) is 36.5 Å². The van der Waals surface area contributed by atoms with E-state index < -0.39 is 12.2 Å². The van der Waals surface area contributed by atoms with Gasteiger partial charge in [0.2, 0.25) is 5.95 Å². The maximum atomic E-state index is 12.8. The van der Waals surface area contributed by atoms with Gasteiger partial charge in [0, 0.05) is 29.1 Å². The summed E-state index contributed by atoms with van der Waals surface area (Å²) >= 11 is 0. The highest BCUT2D eigenvalue weighted by Gasteiger charge is 2.39. The number of alkyl halides is 3. The van der Waals surface area contributed by atoms with E-state index in [1.807, 2.05) is 12.1 Å². The van der Waals surface area contributed by atoms with Crippen molar-refractivity contribution in [2.45, 2.75) is 36.9 Å². The largest absolute Gasteiger partial charge is 0.494 e. The van der Waals surface area contributed by atoms with Gasteiger partial charge >= 0.3 is 6.18 Å². The van der Waals surface area contributed by atoms with Crippen molar-refractivity contribution in [1.29, 1.82) is 0 Å². The van der Waals surface area contributed by atoms with Gasteiger partial charge < -0.3 is 16.2 Å². The van der Waals surface area contributed by atoms with Gasteiger partial charge in [-0.2, -0.15) is 17.7 Å². The molecule has 3 aromatic heterocycles. The Morgan fingerprint density at radius 3 is 2.56 bits per heavy atom. The minimum absolute atomic E-state index is 0.0515. The maximum absolute atomic E-state index is 12.8. The van der Waals surface area contributed by atoms with Crippen molar-refractivity contribution in [3.8, 4) is 5.75 Å². The molecule has 0 radical (unpaired) electrons. The zero-order valence-electron chi connectivity index (χ0n) is 17.0. The van der Waals surface area contributed by atoms with Crippen LogP contribution in [0.4, 0.5) is 19.1 Å². The van der Waals surface area contributed by atoms with Crippen molar-refractivity contribution in [2.75, 3.05) is 12.8 Å². The molecule has 1 saturated carbocycles. The molecule has 0 aliphatic heterocycles. The van der Waals surface area contributed by atoms with E-state index in [4.69, 9.17) is 21.2 Å². The van der Waals surface area contributed by atoms with Crippen LogP contribution in [-0.2, 0) is 0 Å². The number of nitrogen functional groups attached to an aromatic ring is 1. The third-order valence-electron chi connectivity index (χ3n) is 5.97. The normalized spacial score (nSPS) is 19.8. The van der Waals surface area contributed by atoms with Crippen LogP contribution in [0.2, 0.25) is 0 Å². The number of hydrogen-bond acceptors (Lipinski definition) is 7. The number of nitrogens with two attached hydrogens (primary N) is 2. The SMILES string of the molecule is COc1cccc2c1nc(N)n1nc(C3CC(c4ccc(C(N)C(F)(F)F)cn4)C3)nc21. The van der Waals surface area contributed by atoms with Crippen LogP contribution in [0.1, 0.15) is 47.8 Å².